The van der Waals surface area contributed by atoms with E-state index >= 15 is 0 Å². The van der Waals surface area contributed by atoms with E-state index < -0.39 is 17.8 Å². The van der Waals surface area contributed by atoms with Crippen LogP contribution in [0, 0.1) is 0 Å². The number of carbonyl (C=O) groups is 3. The summed E-state index contributed by atoms with van der Waals surface area (Å²) >= 11 is 0. The minimum absolute atomic E-state index is 0.135. The molecular formula is C14H11N3O4. The lowest BCUT2D eigenvalue weighted by Crippen LogP contribution is -2.41. The van der Waals surface area contributed by atoms with E-state index in [-0.39, 0.29) is 5.69 Å². The fraction of sp³-hybridized carbons (Fsp3) is 0. The van der Waals surface area contributed by atoms with Gasteiger partial charge in [-0.05, 0) is 11.5 Å². The number of carboxylic acid groups (broad SMARTS) is 1. The van der Waals surface area contributed by atoms with Gasteiger partial charge in [0.25, 0.3) is 11.8 Å². The summed E-state index contributed by atoms with van der Waals surface area (Å²) in [6.45, 7) is 0. The molecule has 1 aromatic heterocycles. The highest BCUT2D eigenvalue weighted by Crippen LogP contribution is 2.12. The molecule has 1 aromatic carbocycles. The van der Waals surface area contributed by atoms with E-state index in [0.29, 0.717) is 6.08 Å². The molecule has 0 aliphatic carbocycles. The number of amides is 2. The predicted octanol–water partition coefficient (Wildman–Crippen LogP) is 0.637. The molecule has 0 atom stereocenters. The van der Waals surface area contributed by atoms with Gasteiger partial charge in [-0.1, -0.05) is 24.3 Å². The van der Waals surface area contributed by atoms with Crippen LogP contribution in [0.1, 0.15) is 10.5 Å². The van der Waals surface area contributed by atoms with Crippen LogP contribution in [0.25, 0.3) is 10.8 Å². The zero-order valence-corrected chi connectivity index (χ0v) is 10.7. The van der Waals surface area contributed by atoms with Crippen LogP contribution in [0.3, 0.4) is 0 Å². The third-order valence-electron chi connectivity index (χ3n) is 2.54. The topological polar surface area (TPSA) is 108 Å². The number of nitrogens with one attached hydrogen (secondary N) is 2. The van der Waals surface area contributed by atoms with Gasteiger partial charge in [0, 0.05) is 23.7 Å². The van der Waals surface area contributed by atoms with Crippen molar-refractivity contribution in [2.75, 3.05) is 0 Å². The van der Waals surface area contributed by atoms with Crippen molar-refractivity contribution in [3.05, 3.63) is 54.4 Å². The number of nitrogens with zero attached hydrogens (tertiary/aromatic N) is 1. The number of hydrazine groups is 1. The number of aromatic nitrogens is 1. The lowest BCUT2D eigenvalue weighted by Gasteiger charge is -2.05. The molecule has 0 saturated carbocycles. The van der Waals surface area contributed by atoms with Crippen molar-refractivity contribution in [2.45, 2.75) is 0 Å². The van der Waals surface area contributed by atoms with Gasteiger partial charge in [-0.15, -0.1) is 0 Å². The Morgan fingerprint density at radius 3 is 2.48 bits per heavy atom. The van der Waals surface area contributed by atoms with Crippen LogP contribution in [0.4, 0.5) is 0 Å². The first-order valence-electron chi connectivity index (χ1n) is 5.92. The molecule has 0 unspecified atom stereocenters. The summed E-state index contributed by atoms with van der Waals surface area (Å²) in [6, 6.07) is 8.98. The molecule has 2 aromatic rings. The maximum absolute atomic E-state index is 11.8. The second kappa shape index (κ2) is 6.29. The Balaban J connectivity index is 2.02. The van der Waals surface area contributed by atoms with Gasteiger partial charge in [0.15, 0.2) is 0 Å². The van der Waals surface area contributed by atoms with Crippen LogP contribution in [-0.4, -0.2) is 27.9 Å². The highest BCUT2D eigenvalue weighted by Gasteiger charge is 2.08. The monoisotopic (exact) mass is 285 g/mol. The van der Waals surface area contributed by atoms with Gasteiger partial charge in [0.1, 0.15) is 5.69 Å². The molecule has 0 saturated heterocycles. The molecule has 106 valence electrons. The second-order valence-electron chi connectivity index (χ2n) is 4.03. The maximum Gasteiger partial charge on any atom is 0.328 e. The summed E-state index contributed by atoms with van der Waals surface area (Å²) in [5, 5.41) is 10.1. The number of hydrogen-bond donors (Lipinski definition) is 3. The molecule has 1 heterocycles. The first kappa shape index (κ1) is 14.2. The van der Waals surface area contributed by atoms with Gasteiger partial charge in [0.05, 0.1) is 0 Å². The number of aliphatic carboxylic acids is 1. The molecular weight excluding hydrogens is 274 g/mol. The van der Waals surface area contributed by atoms with E-state index in [0.717, 1.165) is 16.8 Å². The second-order valence-corrected chi connectivity index (χ2v) is 4.03. The molecule has 2 rings (SSSR count). The molecule has 3 N–H and O–H groups in total. The fourth-order valence-corrected chi connectivity index (χ4v) is 1.58. The van der Waals surface area contributed by atoms with E-state index in [4.69, 9.17) is 5.11 Å². The Labute approximate surface area is 119 Å². The average Bonchev–Trinajstić information content (AvgIpc) is 2.50. The summed E-state index contributed by atoms with van der Waals surface area (Å²) in [5.74, 6) is -2.61. The Hall–Kier alpha value is -3.22. The van der Waals surface area contributed by atoms with Crippen molar-refractivity contribution in [1.82, 2.24) is 15.8 Å². The highest BCUT2D eigenvalue weighted by molar-refractivity contribution is 5.99. The quantitative estimate of drug-likeness (QED) is 0.566. The Bertz CT molecular complexity index is 740. The van der Waals surface area contributed by atoms with Crippen molar-refractivity contribution in [1.29, 1.82) is 0 Å². The zero-order chi connectivity index (χ0) is 15.2. The van der Waals surface area contributed by atoms with Crippen LogP contribution in [0.5, 0.6) is 0 Å². The lowest BCUT2D eigenvalue weighted by atomic mass is 10.1. The summed E-state index contributed by atoms with van der Waals surface area (Å²) in [5.41, 5.74) is 4.33. The van der Waals surface area contributed by atoms with E-state index in [1.807, 2.05) is 24.3 Å². The smallest absolute Gasteiger partial charge is 0.328 e. The van der Waals surface area contributed by atoms with Crippen molar-refractivity contribution in [2.24, 2.45) is 0 Å². The zero-order valence-electron chi connectivity index (χ0n) is 10.7. The predicted molar refractivity (Wildman–Crippen MR) is 74.1 cm³/mol. The van der Waals surface area contributed by atoms with E-state index in [1.165, 1.54) is 0 Å². The molecule has 0 spiro atoms. The number of hydrogen-bond acceptors (Lipinski definition) is 4. The van der Waals surface area contributed by atoms with E-state index in [2.05, 4.69) is 15.8 Å². The third kappa shape index (κ3) is 3.87. The Kier molecular flexibility index (Phi) is 4.25. The molecule has 21 heavy (non-hydrogen) atoms. The SMILES string of the molecule is O=C(O)/C=C/C(=O)NNC(=O)c1cc2ccccc2cn1. The van der Waals surface area contributed by atoms with Crippen LogP contribution >= 0.6 is 0 Å². The van der Waals surface area contributed by atoms with Gasteiger partial charge >= 0.3 is 5.97 Å². The summed E-state index contributed by atoms with van der Waals surface area (Å²) in [7, 11) is 0. The van der Waals surface area contributed by atoms with Crippen molar-refractivity contribution >= 4 is 28.6 Å². The highest BCUT2D eigenvalue weighted by atomic mass is 16.4. The Morgan fingerprint density at radius 1 is 1.05 bits per heavy atom. The lowest BCUT2D eigenvalue weighted by molar-refractivity contribution is -0.131. The van der Waals surface area contributed by atoms with Gasteiger partial charge in [-0.3, -0.25) is 25.4 Å². The number of carbonyl (C=O) groups excluding carboxylic acids is 2. The minimum Gasteiger partial charge on any atom is -0.478 e. The maximum atomic E-state index is 11.8. The number of benzene rings is 1. The number of pyridine rings is 1. The molecule has 0 bridgehead atoms. The number of rotatable bonds is 3. The largest absolute Gasteiger partial charge is 0.478 e. The summed E-state index contributed by atoms with van der Waals surface area (Å²) in [6.07, 6.45) is 3.00. The molecule has 7 heteroatoms. The van der Waals surface area contributed by atoms with Gasteiger partial charge < -0.3 is 5.11 Å². The van der Waals surface area contributed by atoms with E-state index in [9.17, 15) is 14.4 Å². The van der Waals surface area contributed by atoms with Crippen LogP contribution < -0.4 is 10.9 Å². The fourth-order valence-electron chi connectivity index (χ4n) is 1.58. The normalized spacial score (nSPS) is 10.5. The average molecular weight is 285 g/mol. The molecule has 0 fully saturated rings. The summed E-state index contributed by atoms with van der Waals surface area (Å²) < 4.78 is 0. The van der Waals surface area contributed by atoms with E-state index in [1.54, 1.807) is 12.3 Å². The van der Waals surface area contributed by atoms with Crippen molar-refractivity contribution in [3.8, 4) is 0 Å². The van der Waals surface area contributed by atoms with Gasteiger partial charge in [-0.25, -0.2) is 4.79 Å². The molecule has 7 nitrogen and oxygen atoms in total. The van der Waals surface area contributed by atoms with Crippen molar-refractivity contribution in [3.63, 3.8) is 0 Å². The minimum atomic E-state index is -1.26. The molecule has 0 aliphatic heterocycles. The Morgan fingerprint density at radius 2 is 1.76 bits per heavy atom. The third-order valence-corrected chi connectivity index (χ3v) is 2.54. The molecule has 0 aliphatic rings. The summed E-state index contributed by atoms with van der Waals surface area (Å²) in [4.78, 5) is 37.2. The molecule has 2 amide bonds. The first-order valence-corrected chi connectivity index (χ1v) is 5.92. The first-order chi connectivity index (χ1) is 10.1. The van der Waals surface area contributed by atoms with Crippen molar-refractivity contribution < 1.29 is 19.5 Å². The standard InChI is InChI=1S/C14H11N3O4/c18-12(5-6-13(19)20)16-17-14(21)11-7-9-3-1-2-4-10(9)8-15-11/h1-8H,(H,16,18)(H,17,21)(H,19,20)/b6-5+. The number of carboxylic acids is 1. The van der Waals surface area contributed by atoms with Crippen LogP contribution in [-0.2, 0) is 9.59 Å². The van der Waals surface area contributed by atoms with Gasteiger partial charge in [-0.2, -0.15) is 0 Å². The van der Waals surface area contributed by atoms with Crippen LogP contribution in [0.15, 0.2) is 48.7 Å². The molecule has 0 radical (unpaired) electrons. The van der Waals surface area contributed by atoms with Gasteiger partial charge in [0.2, 0.25) is 0 Å². The van der Waals surface area contributed by atoms with Crippen LogP contribution in [0.2, 0.25) is 0 Å². The number of fused-ring (bicyclic) bond motifs is 1.